The second kappa shape index (κ2) is 8.12. The third-order valence-electron chi connectivity index (χ3n) is 4.27. The SMILES string of the molecule is C[C@@H](c1ccccc1)N(C)C(=O)CS(=O)(=O)Cc1ccc(C(F)(F)F)cc1. The van der Waals surface area contributed by atoms with E-state index in [4.69, 9.17) is 0 Å². The van der Waals surface area contributed by atoms with Crippen LogP contribution in [0.15, 0.2) is 54.6 Å². The van der Waals surface area contributed by atoms with Crippen molar-refractivity contribution in [3.8, 4) is 0 Å². The van der Waals surface area contributed by atoms with Gasteiger partial charge in [-0.1, -0.05) is 42.5 Å². The van der Waals surface area contributed by atoms with E-state index in [1.807, 2.05) is 30.3 Å². The van der Waals surface area contributed by atoms with Crippen LogP contribution in [0.5, 0.6) is 0 Å². The molecular formula is C19H20F3NO3S. The highest BCUT2D eigenvalue weighted by Gasteiger charge is 2.30. The first-order valence-electron chi connectivity index (χ1n) is 8.17. The lowest BCUT2D eigenvalue weighted by molar-refractivity contribution is -0.137. The number of carbonyl (C=O) groups excluding carboxylic acids is 1. The van der Waals surface area contributed by atoms with Crippen LogP contribution < -0.4 is 0 Å². The van der Waals surface area contributed by atoms with Crippen molar-refractivity contribution in [3.63, 3.8) is 0 Å². The smallest absolute Gasteiger partial charge is 0.338 e. The zero-order valence-electron chi connectivity index (χ0n) is 14.9. The van der Waals surface area contributed by atoms with Crippen molar-refractivity contribution in [1.82, 2.24) is 4.90 Å². The van der Waals surface area contributed by atoms with E-state index in [9.17, 15) is 26.4 Å². The van der Waals surface area contributed by atoms with Crippen LogP contribution in [-0.4, -0.2) is 32.0 Å². The van der Waals surface area contributed by atoms with Gasteiger partial charge in [0.25, 0.3) is 0 Å². The van der Waals surface area contributed by atoms with Crippen LogP contribution in [0.1, 0.15) is 29.7 Å². The molecule has 4 nitrogen and oxygen atoms in total. The van der Waals surface area contributed by atoms with Gasteiger partial charge in [-0.25, -0.2) is 8.42 Å². The molecule has 0 saturated carbocycles. The van der Waals surface area contributed by atoms with Crippen LogP contribution in [0.2, 0.25) is 0 Å². The fraction of sp³-hybridized carbons (Fsp3) is 0.316. The van der Waals surface area contributed by atoms with Gasteiger partial charge in [0.1, 0.15) is 5.75 Å². The lowest BCUT2D eigenvalue weighted by Gasteiger charge is -2.25. The van der Waals surface area contributed by atoms with Gasteiger partial charge in [0, 0.05) is 7.05 Å². The van der Waals surface area contributed by atoms with Gasteiger partial charge < -0.3 is 4.90 Å². The summed E-state index contributed by atoms with van der Waals surface area (Å²) in [6, 6.07) is 12.7. The van der Waals surface area contributed by atoms with E-state index < -0.39 is 39.0 Å². The predicted octanol–water partition coefficient (Wildman–Crippen LogP) is 3.84. The molecule has 0 N–H and O–H groups in total. The van der Waals surface area contributed by atoms with Crippen LogP contribution in [0, 0.1) is 0 Å². The molecule has 0 saturated heterocycles. The van der Waals surface area contributed by atoms with Crippen LogP contribution >= 0.6 is 0 Å². The van der Waals surface area contributed by atoms with Gasteiger partial charge in [-0.2, -0.15) is 13.2 Å². The summed E-state index contributed by atoms with van der Waals surface area (Å²) in [6.07, 6.45) is -4.48. The molecule has 1 atom stereocenters. The number of hydrogen-bond acceptors (Lipinski definition) is 3. The highest BCUT2D eigenvalue weighted by Crippen LogP contribution is 2.29. The number of sulfone groups is 1. The van der Waals surface area contributed by atoms with Crippen molar-refractivity contribution in [3.05, 3.63) is 71.3 Å². The van der Waals surface area contributed by atoms with Crippen molar-refractivity contribution >= 4 is 15.7 Å². The van der Waals surface area contributed by atoms with Crippen LogP contribution in [0.3, 0.4) is 0 Å². The Labute approximate surface area is 156 Å². The molecule has 0 bridgehead atoms. The second-order valence-corrected chi connectivity index (χ2v) is 8.38. The Kier molecular flexibility index (Phi) is 6.30. The zero-order valence-corrected chi connectivity index (χ0v) is 15.7. The van der Waals surface area contributed by atoms with Gasteiger partial charge in [0.2, 0.25) is 5.91 Å². The minimum Gasteiger partial charge on any atom is -0.338 e. The topological polar surface area (TPSA) is 54.5 Å². The maximum Gasteiger partial charge on any atom is 0.416 e. The molecule has 2 aromatic rings. The molecule has 1 amide bonds. The molecule has 146 valence electrons. The number of benzene rings is 2. The molecule has 8 heteroatoms. The molecule has 0 radical (unpaired) electrons. The molecule has 0 aromatic heterocycles. The van der Waals surface area contributed by atoms with E-state index >= 15 is 0 Å². The Balaban J connectivity index is 2.03. The van der Waals surface area contributed by atoms with Crippen LogP contribution in [0.4, 0.5) is 13.2 Å². The number of rotatable bonds is 6. The zero-order chi connectivity index (χ0) is 20.2. The fourth-order valence-electron chi connectivity index (χ4n) is 2.56. The first-order chi connectivity index (χ1) is 12.5. The average Bonchev–Trinajstić information content (AvgIpc) is 2.60. The lowest BCUT2D eigenvalue weighted by Crippen LogP contribution is -2.34. The quantitative estimate of drug-likeness (QED) is 0.742. The maximum absolute atomic E-state index is 12.6. The van der Waals surface area contributed by atoms with Gasteiger partial charge in [0.15, 0.2) is 9.84 Å². The summed E-state index contributed by atoms with van der Waals surface area (Å²) in [4.78, 5) is 13.7. The van der Waals surface area contributed by atoms with Crippen LogP contribution in [0.25, 0.3) is 0 Å². The van der Waals surface area contributed by atoms with E-state index in [0.29, 0.717) is 0 Å². The third-order valence-corrected chi connectivity index (χ3v) is 5.73. The van der Waals surface area contributed by atoms with Gasteiger partial charge in [-0.15, -0.1) is 0 Å². The maximum atomic E-state index is 12.6. The monoisotopic (exact) mass is 399 g/mol. The normalized spacial score (nSPS) is 13.2. The Morgan fingerprint density at radius 1 is 1.04 bits per heavy atom. The predicted molar refractivity (Wildman–Crippen MR) is 96.6 cm³/mol. The Morgan fingerprint density at radius 2 is 1.59 bits per heavy atom. The molecule has 0 spiro atoms. The molecule has 0 aliphatic rings. The summed E-state index contributed by atoms with van der Waals surface area (Å²) in [7, 11) is -2.29. The number of alkyl halides is 3. The van der Waals surface area contributed by atoms with Crippen molar-refractivity contribution in [2.45, 2.75) is 24.9 Å². The number of carbonyl (C=O) groups is 1. The summed E-state index contributed by atoms with van der Waals surface area (Å²) in [6.45, 7) is 1.79. The van der Waals surface area contributed by atoms with E-state index in [1.165, 1.54) is 11.9 Å². The molecule has 0 aliphatic carbocycles. The largest absolute Gasteiger partial charge is 0.416 e. The van der Waals surface area contributed by atoms with Gasteiger partial charge >= 0.3 is 6.18 Å². The van der Waals surface area contributed by atoms with Gasteiger partial charge in [-0.05, 0) is 30.2 Å². The summed E-state index contributed by atoms with van der Waals surface area (Å²) in [5.41, 5.74) is 0.221. The standard InChI is InChI=1S/C19H20F3NO3S/c1-14(16-6-4-3-5-7-16)23(2)18(24)13-27(25,26)12-15-8-10-17(11-9-15)19(20,21)22/h3-11,14H,12-13H2,1-2H3/t14-/m0/s1. The minimum atomic E-state index is -4.48. The molecule has 27 heavy (non-hydrogen) atoms. The summed E-state index contributed by atoms with van der Waals surface area (Å²) >= 11 is 0. The Bertz CT molecular complexity index is 879. The van der Waals surface area contributed by atoms with E-state index in [1.54, 1.807) is 6.92 Å². The lowest BCUT2D eigenvalue weighted by atomic mass is 10.1. The average molecular weight is 399 g/mol. The minimum absolute atomic E-state index is 0.203. The number of amides is 1. The number of nitrogens with zero attached hydrogens (tertiary/aromatic N) is 1. The van der Waals surface area contributed by atoms with Crippen molar-refractivity contribution in [2.75, 3.05) is 12.8 Å². The van der Waals surface area contributed by atoms with Crippen LogP contribution in [-0.2, 0) is 26.6 Å². The first-order valence-corrected chi connectivity index (χ1v) is 9.99. The van der Waals surface area contributed by atoms with E-state index in [-0.39, 0.29) is 11.6 Å². The highest BCUT2D eigenvalue weighted by atomic mass is 32.2. The summed E-state index contributed by atoms with van der Waals surface area (Å²) in [5.74, 6) is -1.77. The van der Waals surface area contributed by atoms with Crippen molar-refractivity contribution < 1.29 is 26.4 Å². The molecule has 0 aliphatic heterocycles. The number of hydrogen-bond donors (Lipinski definition) is 0. The van der Waals surface area contributed by atoms with E-state index in [0.717, 1.165) is 29.8 Å². The molecular weight excluding hydrogens is 379 g/mol. The second-order valence-electron chi connectivity index (χ2n) is 6.32. The van der Waals surface area contributed by atoms with Crippen molar-refractivity contribution in [2.24, 2.45) is 0 Å². The van der Waals surface area contributed by atoms with E-state index in [2.05, 4.69) is 0 Å². The molecule has 2 aromatic carbocycles. The highest BCUT2D eigenvalue weighted by molar-refractivity contribution is 7.91. The van der Waals surface area contributed by atoms with Crippen molar-refractivity contribution in [1.29, 1.82) is 0 Å². The Morgan fingerprint density at radius 3 is 2.11 bits per heavy atom. The molecule has 0 heterocycles. The third kappa shape index (κ3) is 5.82. The fourth-order valence-corrected chi connectivity index (χ4v) is 3.94. The van der Waals surface area contributed by atoms with Gasteiger partial charge in [0.05, 0.1) is 17.4 Å². The molecule has 0 fully saturated rings. The number of halogens is 3. The van der Waals surface area contributed by atoms with Gasteiger partial charge in [-0.3, -0.25) is 4.79 Å². The Hall–Kier alpha value is -2.35. The summed E-state index contributed by atoms with van der Waals surface area (Å²) < 4.78 is 62.3. The first kappa shape index (κ1) is 21.0. The molecule has 0 unspecified atom stereocenters. The summed E-state index contributed by atoms with van der Waals surface area (Å²) in [5, 5.41) is 0. The molecule has 2 rings (SSSR count).